The summed E-state index contributed by atoms with van der Waals surface area (Å²) in [5.41, 5.74) is 1.94. The van der Waals surface area contributed by atoms with Gasteiger partial charge in [-0.25, -0.2) is 8.78 Å². The van der Waals surface area contributed by atoms with Gasteiger partial charge >= 0.3 is 0 Å². The van der Waals surface area contributed by atoms with Crippen molar-refractivity contribution in [1.29, 1.82) is 0 Å². The largest absolute Gasteiger partial charge is 0.345 e. The number of amides is 2. The summed E-state index contributed by atoms with van der Waals surface area (Å²) >= 11 is 1.40. The average molecular weight is 442 g/mol. The van der Waals surface area contributed by atoms with E-state index < -0.39 is 23.6 Å². The number of benzene rings is 1. The van der Waals surface area contributed by atoms with E-state index in [-0.39, 0.29) is 11.5 Å². The number of aryl methyl sites for hydroxylation is 1. The van der Waals surface area contributed by atoms with E-state index in [9.17, 15) is 18.4 Å². The molecule has 2 aromatic heterocycles. The lowest BCUT2D eigenvalue weighted by molar-refractivity contribution is 0.0939. The van der Waals surface area contributed by atoms with Crippen LogP contribution in [0, 0.1) is 11.6 Å². The van der Waals surface area contributed by atoms with Crippen molar-refractivity contribution in [3.63, 3.8) is 0 Å². The van der Waals surface area contributed by atoms with Crippen molar-refractivity contribution in [3.8, 4) is 0 Å². The lowest BCUT2D eigenvalue weighted by Gasteiger charge is -2.18. The maximum absolute atomic E-state index is 14.2. The minimum Gasteiger partial charge on any atom is -0.345 e. The van der Waals surface area contributed by atoms with Gasteiger partial charge < -0.3 is 10.6 Å². The molecule has 160 valence electrons. The number of pyridine rings is 1. The van der Waals surface area contributed by atoms with Gasteiger partial charge in [0.2, 0.25) is 0 Å². The summed E-state index contributed by atoms with van der Waals surface area (Å²) in [6.07, 6.45) is 6.63. The highest BCUT2D eigenvalue weighted by Crippen LogP contribution is 2.38. The molecule has 1 atom stereocenters. The minimum absolute atomic E-state index is 0.194. The Morgan fingerprint density at radius 3 is 2.68 bits per heavy atom. The second kappa shape index (κ2) is 8.93. The number of nitrogens with one attached hydrogen (secondary N) is 2. The third kappa shape index (κ3) is 4.49. The zero-order chi connectivity index (χ0) is 22.0. The van der Waals surface area contributed by atoms with Crippen molar-refractivity contribution in [2.24, 2.45) is 0 Å². The fourth-order valence-electron chi connectivity index (χ4n) is 3.77. The Bertz CT molecular complexity index is 1130. The first-order valence-electron chi connectivity index (χ1n) is 10.1. The lowest BCUT2D eigenvalue weighted by atomic mass is 9.95. The zero-order valence-electron chi connectivity index (χ0n) is 16.9. The summed E-state index contributed by atoms with van der Waals surface area (Å²) in [7, 11) is 0. The van der Waals surface area contributed by atoms with E-state index in [1.807, 2.05) is 0 Å². The number of carbonyl (C=O) groups is 2. The van der Waals surface area contributed by atoms with E-state index in [4.69, 9.17) is 0 Å². The monoisotopic (exact) mass is 441 g/mol. The summed E-state index contributed by atoms with van der Waals surface area (Å²) in [6, 6.07) is 5.92. The van der Waals surface area contributed by atoms with Crippen LogP contribution in [0.25, 0.3) is 0 Å². The van der Waals surface area contributed by atoms with Gasteiger partial charge in [0, 0.05) is 28.9 Å². The summed E-state index contributed by atoms with van der Waals surface area (Å²) in [4.78, 5) is 30.9. The third-order valence-corrected chi connectivity index (χ3v) is 6.53. The van der Waals surface area contributed by atoms with E-state index in [1.165, 1.54) is 23.6 Å². The molecule has 0 saturated carbocycles. The molecule has 1 aliphatic carbocycles. The maximum atomic E-state index is 14.2. The highest BCUT2D eigenvalue weighted by molar-refractivity contribution is 7.17. The summed E-state index contributed by atoms with van der Waals surface area (Å²) < 4.78 is 27.4. The molecule has 31 heavy (non-hydrogen) atoms. The number of aromatic nitrogens is 1. The number of halogens is 2. The van der Waals surface area contributed by atoms with E-state index in [0.717, 1.165) is 48.3 Å². The summed E-state index contributed by atoms with van der Waals surface area (Å²) in [6.45, 7) is 1.64. The van der Waals surface area contributed by atoms with Crippen LogP contribution in [0.1, 0.15) is 62.5 Å². The van der Waals surface area contributed by atoms with E-state index in [1.54, 1.807) is 25.3 Å². The Hall–Kier alpha value is -3.13. The number of hydrogen-bond donors (Lipinski definition) is 2. The SMILES string of the molecule is CC(NC(=O)c1c(NC(=O)c2cccnc2)sc2c1CCCC2)c1ccc(F)cc1F. The van der Waals surface area contributed by atoms with Gasteiger partial charge in [-0.1, -0.05) is 6.07 Å². The molecule has 8 heteroatoms. The lowest BCUT2D eigenvalue weighted by Crippen LogP contribution is -2.29. The summed E-state index contributed by atoms with van der Waals surface area (Å²) in [5.74, 6) is -2.13. The average Bonchev–Trinajstić information content (AvgIpc) is 3.12. The number of thiophene rings is 1. The predicted molar refractivity (Wildman–Crippen MR) is 115 cm³/mol. The van der Waals surface area contributed by atoms with Crippen LogP contribution in [0.2, 0.25) is 0 Å². The van der Waals surface area contributed by atoms with Gasteiger partial charge in [-0.2, -0.15) is 0 Å². The number of fused-ring (bicyclic) bond motifs is 1. The highest BCUT2D eigenvalue weighted by Gasteiger charge is 2.28. The van der Waals surface area contributed by atoms with Crippen molar-refractivity contribution in [2.45, 2.75) is 38.6 Å². The first kappa shape index (κ1) is 21.1. The van der Waals surface area contributed by atoms with Crippen molar-refractivity contribution < 1.29 is 18.4 Å². The molecule has 0 spiro atoms. The number of anilines is 1. The fourth-order valence-corrected chi connectivity index (χ4v) is 5.05. The first-order chi connectivity index (χ1) is 14.9. The standard InChI is InChI=1S/C23H21F2N3O2S/c1-13(16-9-8-15(24)11-18(16)25)27-22(30)20-17-6-2-3-7-19(17)31-23(20)28-21(29)14-5-4-10-26-12-14/h4-5,8-13H,2-3,6-7H2,1H3,(H,27,30)(H,28,29). The Morgan fingerprint density at radius 1 is 1.13 bits per heavy atom. The Kier molecular flexibility index (Phi) is 6.08. The van der Waals surface area contributed by atoms with E-state index >= 15 is 0 Å². The summed E-state index contributed by atoms with van der Waals surface area (Å²) in [5, 5.41) is 6.13. The Labute approximate surface area is 182 Å². The van der Waals surface area contributed by atoms with Crippen LogP contribution < -0.4 is 10.6 Å². The number of carbonyl (C=O) groups excluding carboxylic acids is 2. The molecule has 4 rings (SSSR count). The molecule has 2 amide bonds. The van der Waals surface area contributed by atoms with Gasteiger partial charge in [-0.3, -0.25) is 14.6 Å². The highest BCUT2D eigenvalue weighted by atomic mass is 32.1. The van der Waals surface area contributed by atoms with Gasteiger partial charge in [-0.05, 0) is 56.4 Å². The quantitative estimate of drug-likeness (QED) is 0.583. The van der Waals surface area contributed by atoms with Crippen LogP contribution in [-0.4, -0.2) is 16.8 Å². The third-order valence-electron chi connectivity index (χ3n) is 5.33. The molecule has 2 heterocycles. The van der Waals surface area contributed by atoms with Gasteiger partial charge in [0.05, 0.1) is 17.2 Å². The van der Waals surface area contributed by atoms with Gasteiger partial charge in [0.15, 0.2) is 0 Å². The Morgan fingerprint density at radius 2 is 1.94 bits per heavy atom. The number of hydrogen-bond acceptors (Lipinski definition) is 4. The normalized spacial score (nSPS) is 13.9. The van der Waals surface area contributed by atoms with Crippen LogP contribution in [0.5, 0.6) is 0 Å². The smallest absolute Gasteiger partial charge is 0.257 e. The number of rotatable bonds is 5. The number of nitrogens with zero attached hydrogens (tertiary/aromatic N) is 1. The van der Waals surface area contributed by atoms with Gasteiger partial charge in [0.25, 0.3) is 11.8 Å². The van der Waals surface area contributed by atoms with Crippen LogP contribution >= 0.6 is 11.3 Å². The van der Waals surface area contributed by atoms with Gasteiger partial charge in [0.1, 0.15) is 16.6 Å². The molecular formula is C23H21F2N3O2S. The second-order valence-corrected chi connectivity index (χ2v) is 8.58. The molecule has 3 aromatic rings. The predicted octanol–water partition coefficient (Wildman–Crippen LogP) is 5.04. The van der Waals surface area contributed by atoms with Crippen molar-refractivity contribution in [2.75, 3.05) is 5.32 Å². The molecule has 2 N–H and O–H groups in total. The van der Waals surface area contributed by atoms with Crippen molar-refractivity contribution >= 4 is 28.2 Å². The molecular weight excluding hydrogens is 420 g/mol. The molecule has 1 unspecified atom stereocenters. The molecule has 0 aliphatic heterocycles. The molecule has 1 aliphatic rings. The first-order valence-corrected chi connectivity index (χ1v) is 10.9. The molecule has 5 nitrogen and oxygen atoms in total. The maximum Gasteiger partial charge on any atom is 0.257 e. The molecule has 0 saturated heterocycles. The Balaban J connectivity index is 1.62. The van der Waals surface area contributed by atoms with Crippen LogP contribution in [0.4, 0.5) is 13.8 Å². The molecule has 0 radical (unpaired) electrons. The van der Waals surface area contributed by atoms with E-state index in [2.05, 4.69) is 15.6 Å². The second-order valence-electron chi connectivity index (χ2n) is 7.47. The van der Waals surface area contributed by atoms with E-state index in [0.29, 0.717) is 16.1 Å². The van der Waals surface area contributed by atoms with Crippen molar-refractivity contribution in [3.05, 3.63) is 81.5 Å². The van der Waals surface area contributed by atoms with Crippen LogP contribution in [-0.2, 0) is 12.8 Å². The fraction of sp³-hybridized carbons (Fsp3) is 0.261. The molecule has 1 aromatic carbocycles. The topological polar surface area (TPSA) is 71.1 Å². The molecule has 0 bridgehead atoms. The van der Waals surface area contributed by atoms with Crippen LogP contribution in [0.3, 0.4) is 0 Å². The van der Waals surface area contributed by atoms with Gasteiger partial charge in [-0.15, -0.1) is 11.3 Å². The van der Waals surface area contributed by atoms with Crippen molar-refractivity contribution in [1.82, 2.24) is 10.3 Å². The molecule has 0 fully saturated rings. The van der Waals surface area contributed by atoms with Crippen LogP contribution in [0.15, 0.2) is 42.7 Å². The zero-order valence-corrected chi connectivity index (χ0v) is 17.7. The minimum atomic E-state index is -0.717.